The van der Waals surface area contributed by atoms with Crippen molar-refractivity contribution in [3.05, 3.63) is 0 Å². The van der Waals surface area contributed by atoms with Gasteiger partial charge in [0.2, 0.25) is 0 Å². The van der Waals surface area contributed by atoms with Crippen molar-refractivity contribution in [2.75, 3.05) is 5.33 Å². The molecule has 0 bridgehead atoms. The molecule has 0 saturated heterocycles. The fourth-order valence-electron chi connectivity index (χ4n) is 1.06. The Labute approximate surface area is 95.5 Å². The zero-order valence-electron chi connectivity index (χ0n) is 9.82. The molecular weight excluding hydrogens is 244 g/mol. The Morgan fingerprint density at radius 1 is 1.14 bits per heavy atom. The first-order valence-electron chi connectivity index (χ1n) is 4.94. The van der Waals surface area contributed by atoms with E-state index in [0.29, 0.717) is 0 Å². The molecule has 0 spiro atoms. The highest BCUT2D eigenvalue weighted by atomic mass is 79.9. The van der Waals surface area contributed by atoms with Gasteiger partial charge in [0.1, 0.15) is 10.9 Å². The Hall–Kier alpha value is -0.0500. The Bertz CT molecular complexity index is 192. The van der Waals surface area contributed by atoms with Crippen LogP contribution in [0.2, 0.25) is 0 Å². The first kappa shape index (κ1) is 13.9. The van der Waals surface area contributed by atoms with Gasteiger partial charge in [-0.1, -0.05) is 36.7 Å². The molecule has 84 valence electrons. The van der Waals surface area contributed by atoms with Gasteiger partial charge in [0.05, 0.1) is 0 Å². The zero-order valence-corrected chi connectivity index (χ0v) is 11.4. The molecule has 2 nitrogen and oxygen atoms in total. The Morgan fingerprint density at radius 2 is 1.64 bits per heavy atom. The average Bonchev–Trinajstić information content (AvgIpc) is 1.99. The molecule has 0 atom stereocenters. The number of halogens is 1. The summed E-state index contributed by atoms with van der Waals surface area (Å²) in [5.41, 5.74) is -0.0593. The summed E-state index contributed by atoms with van der Waals surface area (Å²) in [6.07, 6.45) is 1.95. The van der Waals surface area contributed by atoms with E-state index in [1.165, 1.54) is 0 Å². The molecule has 0 aliphatic rings. The Kier molecular flexibility index (Phi) is 5.13. The minimum atomic E-state index is -0.349. The minimum Gasteiger partial charge on any atom is -0.459 e. The lowest BCUT2D eigenvalue weighted by atomic mass is 9.86. The van der Waals surface area contributed by atoms with Crippen LogP contribution in [0, 0.1) is 5.41 Å². The Morgan fingerprint density at radius 3 is 2.00 bits per heavy atom. The van der Waals surface area contributed by atoms with Crippen molar-refractivity contribution in [2.24, 2.45) is 5.41 Å². The van der Waals surface area contributed by atoms with Crippen LogP contribution >= 0.6 is 15.9 Å². The minimum absolute atomic E-state index is 0.191. The van der Waals surface area contributed by atoms with Crippen molar-refractivity contribution in [3.63, 3.8) is 0 Å². The van der Waals surface area contributed by atoms with Crippen molar-refractivity contribution in [2.45, 2.75) is 53.1 Å². The van der Waals surface area contributed by atoms with Crippen molar-refractivity contribution >= 4 is 21.9 Å². The van der Waals surface area contributed by atoms with Gasteiger partial charge < -0.3 is 4.74 Å². The fourth-order valence-corrected chi connectivity index (χ4v) is 1.18. The van der Waals surface area contributed by atoms with Gasteiger partial charge in [-0.05, 0) is 32.1 Å². The summed E-state index contributed by atoms with van der Waals surface area (Å²) in [5.74, 6) is -0.191. The first-order valence-corrected chi connectivity index (χ1v) is 6.06. The Balaban J connectivity index is 4.01. The maximum absolute atomic E-state index is 11.1. The number of hydrogen-bond donors (Lipinski definition) is 0. The van der Waals surface area contributed by atoms with Gasteiger partial charge in [0, 0.05) is 0 Å². The van der Waals surface area contributed by atoms with Gasteiger partial charge in [-0.2, -0.15) is 0 Å². The summed E-state index contributed by atoms with van der Waals surface area (Å²) >= 11 is 3.08. The van der Waals surface area contributed by atoms with Crippen LogP contribution in [0.1, 0.15) is 47.5 Å². The van der Waals surface area contributed by atoms with Gasteiger partial charge >= 0.3 is 5.97 Å². The molecule has 0 radical (unpaired) electrons. The third kappa shape index (κ3) is 7.36. The largest absolute Gasteiger partial charge is 0.459 e. The second-order valence-corrected chi connectivity index (χ2v) is 5.99. The molecule has 0 amide bonds. The van der Waals surface area contributed by atoms with Crippen molar-refractivity contribution in [1.29, 1.82) is 0 Å². The van der Waals surface area contributed by atoms with E-state index in [9.17, 15) is 4.79 Å². The molecule has 14 heavy (non-hydrogen) atoms. The molecule has 0 aromatic carbocycles. The lowest BCUT2D eigenvalue weighted by Crippen LogP contribution is -2.30. The van der Waals surface area contributed by atoms with Gasteiger partial charge in [-0.25, -0.2) is 0 Å². The topological polar surface area (TPSA) is 26.3 Å². The first-order chi connectivity index (χ1) is 6.16. The number of ether oxygens (including phenoxy) is 1. The highest BCUT2D eigenvalue weighted by molar-refractivity contribution is 9.09. The molecular formula is C11H21BrO2. The summed E-state index contributed by atoms with van der Waals surface area (Å²) in [6, 6.07) is 0. The highest BCUT2D eigenvalue weighted by Gasteiger charge is 2.24. The van der Waals surface area contributed by atoms with Gasteiger partial charge in [-0.3, -0.25) is 4.79 Å². The van der Waals surface area contributed by atoms with Crippen LogP contribution in [-0.2, 0) is 9.53 Å². The molecule has 0 rings (SSSR count). The molecule has 0 unspecified atom stereocenters. The second kappa shape index (κ2) is 5.15. The van der Waals surface area contributed by atoms with Gasteiger partial charge in [0.15, 0.2) is 0 Å². The van der Waals surface area contributed by atoms with Crippen LogP contribution in [0.4, 0.5) is 0 Å². The SMILES string of the molecule is CC(C)(C)CCC(C)(C)OC(=O)CBr. The number of carbonyl (C=O) groups excluding carboxylic acids is 1. The zero-order chi connectivity index (χ0) is 11.4. The van der Waals surface area contributed by atoms with E-state index in [2.05, 4.69) is 36.7 Å². The average molecular weight is 265 g/mol. The van der Waals surface area contributed by atoms with Crippen molar-refractivity contribution < 1.29 is 9.53 Å². The summed E-state index contributed by atoms with van der Waals surface area (Å²) < 4.78 is 5.30. The summed E-state index contributed by atoms with van der Waals surface area (Å²) in [7, 11) is 0. The van der Waals surface area contributed by atoms with Gasteiger partial charge in [0.25, 0.3) is 0 Å². The van der Waals surface area contributed by atoms with Crippen LogP contribution in [0.5, 0.6) is 0 Å². The van der Waals surface area contributed by atoms with Crippen LogP contribution in [0.15, 0.2) is 0 Å². The van der Waals surface area contributed by atoms with E-state index in [1.54, 1.807) is 0 Å². The van der Waals surface area contributed by atoms with E-state index in [1.807, 2.05) is 13.8 Å². The number of rotatable bonds is 4. The van der Waals surface area contributed by atoms with E-state index < -0.39 is 0 Å². The van der Waals surface area contributed by atoms with Crippen LogP contribution in [0.3, 0.4) is 0 Å². The molecule has 0 fully saturated rings. The molecule has 0 saturated carbocycles. The molecule has 0 aromatic heterocycles. The number of alkyl halides is 1. The van der Waals surface area contributed by atoms with Crippen molar-refractivity contribution in [3.8, 4) is 0 Å². The van der Waals surface area contributed by atoms with E-state index in [0.717, 1.165) is 12.8 Å². The monoisotopic (exact) mass is 264 g/mol. The fraction of sp³-hybridized carbons (Fsp3) is 0.909. The predicted octanol–water partition coefficient (Wildman–Crippen LogP) is 3.53. The molecule has 0 aliphatic heterocycles. The number of esters is 1. The lowest BCUT2D eigenvalue weighted by molar-refractivity contribution is -0.153. The molecule has 0 aliphatic carbocycles. The third-order valence-corrected chi connectivity index (χ3v) is 2.43. The molecule has 0 N–H and O–H groups in total. The lowest BCUT2D eigenvalue weighted by Gasteiger charge is -2.28. The predicted molar refractivity (Wildman–Crippen MR) is 62.7 cm³/mol. The maximum Gasteiger partial charge on any atom is 0.317 e. The standard InChI is InChI=1S/C11H21BrO2/c1-10(2,3)6-7-11(4,5)14-9(13)8-12/h6-8H2,1-5H3. The third-order valence-electron chi connectivity index (χ3n) is 1.98. The quantitative estimate of drug-likeness (QED) is 0.574. The van der Waals surface area contributed by atoms with Crippen LogP contribution < -0.4 is 0 Å². The maximum atomic E-state index is 11.1. The normalized spacial score (nSPS) is 12.7. The van der Waals surface area contributed by atoms with E-state index in [-0.39, 0.29) is 22.3 Å². The van der Waals surface area contributed by atoms with E-state index >= 15 is 0 Å². The van der Waals surface area contributed by atoms with E-state index in [4.69, 9.17) is 4.74 Å². The molecule has 0 heterocycles. The second-order valence-electron chi connectivity index (χ2n) is 5.43. The number of carbonyl (C=O) groups is 1. The van der Waals surface area contributed by atoms with Gasteiger partial charge in [-0.15, -0.1) is 0 Å². The molecule has 0 aromatic rings. The molecule has 3 heteroatoms. The highest BCUT2D eigenvalue weighted by Crippen LogP contribution is 2.27. The van der Waals surface area contributed by atoms with Crippen LogP contribution in [0.25, 0.3) is 0 Å². The van der Waals surface area contributed by atoms with Crippen LogP contribution in [-0.4, -0.2) is 16.9 Å². The number of hydrogen-bond acceptors (Lipinski definition) is 2. The summed E-state index contributed by atoms with van der Waals surface area (Å²) in [6.45, 7) is 10.5. The summed E-state index contributed by atoms with van der Waals surface area (Å²) in [4.78, 5) is 11.1. The van der Waals surface area contributed by atoms with Crippen molar-refractivity contribution in [1.82, 2.24) is 0 Å². The summed E-state index contributed by atoms with van der Waals surface area (Å²) in [5, 5.41) is 0.270. The smallest absolute Gasteiger partial charge is 0.317 e.